The number of benzene rings is 4. The summed E-state index contributed by atoms with van der Waals surface area (Å²) >= 11 is 0. The van der Waals surface area contributed by atoms with E-state index in [1.54, 1.807) is 55.5 Å². The molecule has 0 aromatic heterocycles. The third-order valence-corrected chi connectivity index (χ3v) is 7.04. The van der Waals surface area contributed by atoms with Crippen LogP contribution in [0.1, 0.15) is 50.4 Å². The molecule has 0 fully saturated rings. The van der Waals surface area contributed by atoms with Crippen LogP contribution in [0.25, 0.3) is 11.1 Å². The van der Waals surface area contributed by atoms with E-state index in [1.807, 2.05) is 24.3 Å². The molecule has 0 saturated carbocycles. The summed E-state index contributed by atoms with van der Waals surface area (Å²) in [6, 6.07) is 24.0. The Balaban J connectivity index is 1.28. The van der Waals surface area contributed by atoms with Crippen LogP contribution < -0.4 is 15.0 Å². The van der Waals surface area contributed by atoms with Crippen molar-refractivity contribution in [3.8, 4) is 16.9 Å². The minimum Gasteiger partial charge on any atom is -0.490 e. The van der Waals surface area contributed by atoms with Crippen molar-refractivity contribution in [3.05, 3.63) is 119 Å². The van der Waals surface area contributed by atoms with E-state index in [4.69, 9.17) is 4.74 Å². The van der Waals surface area contributed by atoms with Gasteiger partial charge < -0.3 is 20.1 Å². The predicted octanol–water partition coefficient (Wildman–Crippen LogP) is 6.96. The van der Waals surface area contributed by atoms with Gasteiger partial charge in [0.25, 0.3) is 5.91 Å². The van der Waals surface area contributed by atoms with E-state index in [9.17, 15) is 27.9 Å². The molecule has 0 radical (unpaired) electrons. The first-order valence-electron chi connectivity index (χ1n) is 13.0. The van der Waals surface area contributed by atoms with Crippen LogP contribution in [0.5, 0.6) is 5.75 Å². The van der Waals surface area contributed by atoms with Gasteiger partial charge >= 0.3 is 12.1 Å². The number of alkyl halides is 3. The third kappa shape index (κ3) is 6.19. The first-order chi connectivity index (χ1) is 19.6. The Kier molecular flexibility index (Phi) is 7.70. The number of carboxylic acid groups (broad SMARTS) is 1. The molecule has 1 amide bonds. The summed E-state index contributed by atoms with van der Waals surface area (Å²) in [5.74, 6) is -0.856. The lowest BCUT2D eigenvalue weighted by Crippen LogP contribution is -2.32. The van der Waals surface area contributed by atoms with E-state index in [2.05, 4.69) is 10.2 Å². The molecule has 0 aliphatic carbocycles. The van der Waals surface area contributed by atoms with E-state index in [1.165, 1.54) is 6.07 Å². The number of hydrogen-bond acceptors (Lipinski definition) is 4. The number of carbonyl (C=O) groups is 2. The molecule has 1 aliphatic rings. The van der Waals surface area contributed by atoms with Crippen molar-refractivity contribution in [1.82, 2.24) is 5.32 Å². The summed E-state index contributed by atoms with van der Waals surface area (Å²) in [6.07, 6.45) is -4.46. The van der Waals surface area contributed by atoms with Crippen LogP contribution in [0, 0.1) is 0 Å². The van der Waals surface area contributed by atoms with Crippen molar-refractivity contribution in [3.63, 3.8) is 0 Å². The molecule has 4 aromatic carbocycles. The van der Waals surface area contributed by atoms with Gasteiger partial charge in [-0.25, -0.2) is 4.79 Å². The first-order valence-corrected chi connectivity index (χ1v) is 13.0. The smallest absolute Gasteiger partial charge is 0.416 e. The summed E-state index contributed by atoms with van der Waals surface area (Å²) < 4.78 is 45.1. The van der Waals surface area contributed by atoms with E-state index in [0.717, 1.165) is 28.9 Å². The van der Waals surface area contributed by atoms with Crippen molar-refractivity contribution in [2.45, 2.75) is 25.7 Å². The van der Waals surface area contributed by atoms with Crippen LogP contribution in [0.15, 0.2) is 91.0 Å². The second-order valence-electron chi connectivity index (χ2n) is 9.82. The first kappa shape index (κ1) is 27.8. The van der Waals surface area contributed by atoms with Gasteiger partial charge in [0.15, 0.2) is 0 Å². The number of nitrogens with one attached hydrogen (secondary N) is 1. The molecule has 1 heterocycles. The summed E-state index contributed by atoms with van der Waals surface area (Å²) in [5.41, 5.74) is 3.46. The zero-order valence-electron chi connectivity index (χ0n) is 22.1. The minimum absolute atomic E-state index is 0.242. The number of carboxylic acids is 1. The van der Waals surface area contributed by atoms with Crippen molar-refractivity contribution in [1.29, 1.82) is 0 Å². The molecule has 210 valence electrons. The van der Waals surface area contributed by atoms with Crippen LogP contribution in [0.2, 0.25) is 0 Å². The largest absolute Gasteiger partial charge is 0.490 e. The lowest BCUT2D eigenvalue weighted by molar-refractivity contribution is -0.137. The van der Waals surface area contributed by atoms with Crippen molar-refractivity contribution in [2.75, 3.05) is 18.1 Å². The quantitative estimate of drug-likeness (QED) is 0.256. The highest BCUT2D eigenvalue weighted by atomic mass is 19.4. The van der Waals surface area contributed by atoms with Gasteiger partial charge in [-0.3, -0.25) is 4.79 Å². The molecule has 5 rings (SSSR count). The number of ether oxygens (including phenoxy) is 1. The van der Waals surface area contributed by atoms with Crippen LogP contribution in [-0.4, -0.2) is 30.1 Å². The van der Waals surface area contributed by atoms with Crippen molar-refractivity contribution >= 4 is 17.6 Å². The lowest BCUT2D eigenvalue weighted by atomic mass is 9.98. The fraction of sp³-hybridized carbons (Fsp3) is 0.188. The van der Waals surface area contributed by atoms with Gasteiger partial charge in [-0.1, -0.05) is 54.6 Å². The molecule has 1 atom stereocenters. The molecule has 0 bridgehead atoms. The van der Waals surface area contributed by atoms with Gasteiger partial charge in [0.2, 0.25) is 0 Å². The maximum atomic E-state index is 13.1. The fourth-order valence-corrected chi connectivity index (χ4v) is 4.86. The normalized spacial score (nSPS) is 13.6. The van der Waals surface area contributed by atoms with Gasteiger partial charge in [0.1, 0.15) is 12.4 Å². The highest BCUT2D eigenvalue weighted by molar-refractivity contribution is 5.96. The highest BCUT2D eigenvalue weighted by Crippen LogP contribution is 2.35. The lowest BCUT2D eigenvalue weighted by Gasteiger charge is -2.31. The van der Waals surface area contributed by atoms with Gasteiger partial charge in [-0.05, 0) is 65.6 Å². The molecular formula is C32H27F3N2O4. The fourth-order valence-electron chi connectivity index (χ4n) is 4.86. The van der Waals surface area contributed by atoms with Gasteiger partial charge in [0.05, 0.1) is 29.4 Å². The molecule has 2 N–H and O–H groups in total. The summed E-state index contributed by atoms with van der Waals surface area (Å²) in [7, 11) is 0. The number of aromatic carboxylic acids is 1. The second kappa shape index (κ2) is 11.4. The Morgan fingerprint density at radius 3 is 2.46 bits per heavy atom. The van der Waals surface area contributed by atoms with Crippen LogP contribution in [-0.2, 0) is 12.7 Å². The van der Waals surface area contributed by atoms with Crippen LogP contribution in [0.3, 0.4) is 0 Å². The highest BCUT2D eigenvalue weighted by Gasteiger charge is 2.31. The zero-order chi connectivity index (χ0) is 29.1. The molecule has 0 saturated heterocycles. The molecule has 0 spiro atoms. The van der Waals surface area contributed by atoms with Crippen LogP contribution in [0.4, 0.5) is 18.9 Å². The minimum atomic E-state index is -4.46. The number of halogens is 3. The van der Waals surface area contributed by atoms with Crippen molar-refractivity contribution < 1.29 is 32.6 Å². The standard InChI is InChI=1S/C32H27F3N2O4/c1-20(23-5-4-6-25(17-23)32(33,34)35)36-30(38)24-13-14-28-29(18-24)41-16-15-37(28)19-21-9-11-22(12-10-21)26-7-2-3-8-27(26)31(39)40/h2-14,17-18,20H,15-16,19H2,1H3,(H,36,38)(H,39,40). The van der Waals surface area contributed by atoms with Gasteiger partial charge in [-0.15, -0.1) is 0 Å². The average molecular weight is 561 g/mol. The number of anilines is 1. The van der Waals surface area contributed by atoms with Gasteiger partial charge in [-0.2, -0.15) is 13.2 Å². The maximum absolute atomic E-state index is 13.1. The Morgan fingerprint density at radius 2 is 1.73 bits per heavy atom. The number of rotatable bonds is 7. The monoisotopic (exact) mass is 560 g/mol. The number of fused-ring (bicyclic) bond motifs is 1. The number of amides is 1. The number of carbonyl (C=O) groups excluding carboxylic acids is 1. The van der Waals surface area contributed by atoms with Crippen molar-refractivity contribution in [2.24, 2.45) is 0 Å². The number of nitrogens with zero attached hydrogens (tertiary/aromatic N) is 1. The summed E-state index contributed by atoms with van der Waals surface area (Å²) in [4.78, 5) is 26.7. The topological polar surface area (TPSA) is 78.9 Å². The van der Waals surface area contributed by atoms with E-state index < -0.39 is 29.7 Å². The Bertz CT molecular complexity index is 1580. The molecule has 1 unspecified atom stereocenters. The SMILES string of the molecule is CC(NC(=O)c1ccc2c(c1)OCCN2Cc1ccc(-c2ccccc2C(=O)O)cc1)c1cccc(C(F)(F)F)c1. The molecule has 9 heteroatoms. The van der Waals surface area contributed by atoms with Gasteiger partial charge in [0, 0.05) is 12.1 Å². The third-order valence-electron chi connectivity index (χ3n) is 7.04. The molecular weight excluding hydrogens is 533 g/mol. The molecule has 4 aromatic rings. The van der Waals surface area contributed by atoms with E-state index in [0.29, 0.717) is 42.1 Å². The van der Waals surface area contributed by atoms with Crippen LogP contribution >= 0.6 is 0 Å². The summed E-state index contributed by atoms with van der Waals surface area (Å²) in [6.45, 7) is 3.27. The number of hydrogen-bond donors (Lipinski definition) is 2. The van der Waals surface area contributed by atoms with E-state index in [-0.39, 0.29) is 5.56 Å². The molecule has 1 aliphatic heterocycles. The van der Waals surface area contributed by atoms with E-state index >= 15 is 0 Å². The molecule has 6 nitrogen and oxygen atoms in total. The second-order valence-corrected chi connectivity index (χ2v) is 9.82. The molecule has 41 heavy (non-hydrogen) atoms. The Labute approximate surface area is 235 Å². The summed E-state index contributed by atoms with van der Waals surface area (Å²) in [5, 5.41) is 12.3. The average Bonchev–Trinajstić information content (AvgIpc) is 2.97. The predicted molar refractivity (Wildman–Crippen MR) is 149 cm³/mol. The Morgan fingerprint density at radius 1 is 0.976 bits per heavy atom. The Hall–Kier alpha value is -4.79. The maximum Gasteiger partial charge on any atom is 0.416 e. The zero-order valence-corrected chi connectivity index (χ0v) is 22.1.